The number of H-pyrrole nitrogens is 1. The highest BCUT2D eigenvalue weighted by Gasteiger charge is 2.31. The average Bonchev–Trinajstić information content (AvgIpc) is 3.29. The number of aliphatic carboxylic acids is 2. The summed E-state index contributed by atoms with van der Waals surface area (Å²) in [5.41, 5.74) is 13.2. The number of nitrogens with one attached hydrogen (secondary N) is 4. The molecule has 0 saturated carbocycles. The minimum Gasteiger partial charge on any atom is -0.481 e. The van der Waals surface area contributed by atoms with Crippen molar-refractivity contribution in [3.8, 4) is 0 Å². The Morgan fingerprint density at radius 1 is 0.900 bits per heavy atom. The maximum atomic E-state index is 13.5. The van der Waals surface area contributed by atoms with E-state index in [4.69, 9.17) is 16.6 Å². The average molecular weight is 561 g/mol. The number of hydrogen-bond acceptors (Lipinski definition) is 7. The van der Waals surface area contributed by atoms with E-state index in [1.165, 1.54) is 0 Å². The van der Waals surface area contributed by atoms with Crippen LogP contribution in [0.25, 0.3) is 10.9 Å². The van der Waals surface area contributed by atoms with Crippen LogP contribution in [0.3, 0.4) is 0 Å². The highest BCUT2D eigenvalue weighted by Crippen LogP contribution is 2.19. The highest BCUT2D eigenvalue weighted by molar-refractivity contribution is 5.95. The quantitative estimate of drug-likeness (QED) is 0.124. The first-order chi connectivity index (χ1) is 18.9. The van der Waals surface area contributed by atoms with Crippen molar-refractivity contribution in [3.05, 3.63) is 36.0 Å². The van der Waals surface area contributed by atoms with E-state index in [1.807, 2.05) is 38.1 Å². The second kappa shape index (κ2) is 15.6. The summed E-state index contributed by atoms with van der Waals surface area (Å²) in [7, 11) is 0. The van der Waals surface area contributed by atoms with Gasteiger partial charge in [-0.2, -0.15) is 0 Å². The molecular formula is C27H40N6O7. The van der Waals surface area contributed by atoms with E-state index in [1.54, 1.807) is 6.20 Å². The third-order valence-electron chi connectivity index (χ3n) is 6.37. The van der Waals surface area contributed by atoms with Crippen LogP contribution in [0.5, 0.6) is 0 Å². The van der Waals surface area contributed by atoms with Gasteiger partial charge in [-0.1, -0.05) is 32.0 Å². The van der Waals surface area contributed by atoms with Crippen molar-refractivity contribution >= 4 is 40.6 Å². The molecule has 4 unspecified atom stereocenters. The number of unbranched alkanes of at least 4 members (excludes halogenated alkanes) is 1. The van der Waals surface area contributed by atoms with E-state index in [-0.39, 0.29) is 18.8 Å². The second-order valence-electron chi connectivity index (χ2n) is 10.2. The van der Waals surface area contributed by atoms with E-state index in [0.717, 1.165) is 16.5 Å². The van der Waals surface area contributed by atoms with Crippen molar-refractivity contribution in [1.29, 1.82) is 0 Å². The molecule has 10 N–H and O–H groups in total. The highest BCUT2D eigenvalue weighted by atomic mass is 16.4. The molecule has 0 fully saturated rings. The van der Waals surface area contributed by atoms with Crippen molar-refractivity contribution in [1.82, 2.24) is 20.9 Å². The summed E-state index contributed by atoms with van der Waals surface area (Å²) in [6.45, 7) is 4.18. The van der Waals surface area contributed by atoms with Gasteiger partial charge < -0.3 is 42.6 Å². The maximum Gasteiger partial charge on any atom is 0.326 e. The van der Waals surface area contributed by atoms with Gasteiger partial charge >= 0.3 is 11.9 Å². The molecule has 0 radical (unpaired) electrons. The second-order valence-corrected chi connectivity index (χ2v) is 10.2. The lowest BCUT2D eigenvalue weighted by molar-refractivity contribution is -0.147. The predicted octanol–water partition coefficient (Wildman–Crippen LogP) is 0.227. The first-order valence-electron chi connectivity index (χ1n) is 13.3. The molecule has 0 aliphatic carbocycles. The van der Waals surface area contributed by atoms with E-state index >= 15 is 0 Å². The summed E-state index contributed by atoms with van der Waals surface area (Å²) in [6.07, 6.45) is 2.48. The van der Waals surface area contributed by atoms with Crippen LogP contribution < -0.4 is 27.4 Å². The number of para-hydroxylation sites is 1. The zero-order valence-corrected chi connectivity index (χ0v) is 22.8. The molecule has 0 aliphatic heterocycles. The fourth-order valence-corrected chi connectivity index (χ4v) is 4.30. The molecule has 2 rings (SSSR count). The molecule has 4 atom stereocenters. The zero-order valence-electron chi connectivity index (χ0n) is 22.8. The van der Waals surface area contributed by atoms with Crippen LogP contribution in [0.4, 0.5) is 0 Å². The number of carboxylic acid groups (broad SMARTS) is 2. The van der Waals surface area contributed by atoms with Gasteiger partial charge in [0.2, 0.25) is 17.7 Å². The Hall–Kier alpha value is -3.97. The van der Waals surface area contributed by atoms with Gasteiger partial charge in [0.1, 0.15) is 18.1 Å². The van der Waals surface area contributed by atoms with Gasteiger partial charge in [-0.3, -0.25) is 19.2 Å². The lowest BCUT2D eigenvalue weighted by Gasteiger charge is -2.25. The Labute approximate surface area is 232 Å². The summed E-state index contributed by atoms with van der Waals surface area (Å²) in [4.78, 5) is 65.1. The van der Waals surface area contributed by atoms with E-state index < -0.39 is 60.2 Å². The predicted molar refractivity (Wildman–Crippen MR) is 148 cm³/mol. The third-order valence-corrected chi connectivity index (χ3v) is 6.37. The number of hydrogen-bond donors (Lipinski definition) is 8. The molecule has 3 amide bonds. The number of carboxylic acids is 2. The number of rotatable bonds is 17. The van der Waals surface area contributed by atoms with Crippen molar-refractivity contribution in [3.63, 3.8) is 0 Å². The molecule has 1 aromatic carbocycles. The van der Waals surface area contributed by atoms with Crippen LogP contribution in [0, 0.1) is 5.92 Å². The van der Waals surface area contributed by atoms with E-state index in [2.05, 4.69) is 20.9 Å². The summed E-state index contributed by atoms with van der Waals surface area (Å²) in [6, 6.07) is 2.62. The molecule has 0 bridgehead atoms. The van der Waals surface area contributed by atoms with Crippen LogP contribution in [0.2, 0.25) is 0 Å². The van der Waals surface area contributed by atoms with Gasteiger partial charge in [0.15, 0.2) is 0 Å². The fourth-order valence-electron chi connectivity index (χ4n) is 4.30. The lowest BCUT2D eigenvalue weighted by atomic mass is 10.0. The van der Waals surface area contributed by atoms with Gasteiger partial charge in [0, 0.05) is 23.5 Å². The number of fused-ring (bicyclic) bond motifs is 1. The summed E-state index contributed by atoms with van der Waals surface area (Å²) < 4.78 is 0. The van der Waals surface area contributed by atoms with Gasteiger partial charge in [-0.05, 0) is 49.8 Å². The first kappa shape index (κ1) is 32.2. The smallest absolute Gasteiger partial charge is 0.326 e. The Kier molecular flexibility index (Phi) is 12.6. The Morgan fingerprint density at radius 2 is 1.52 bits per heavy atom. The molecule has 1 heterocycles. The molecule has 0 spiro atoms. The number of carbonyl (C=O) groups is 5. The topological polar surface area (TPSA) is 230 Å². The molecule has 0 aliphatic rings. The molecule has 0 saturated heterocycles. The molecule has 2 aromatic rings. The standard InChI is InChI=1S/C27H40N6O7/c1-15(2)11-18(29)24(36)32-21(12-16-14-30-19-8-4-3-7-17(16)19)26(38)31-20(9-5-6-10-28)25(37)33-22(27(39)40)13-23(34)35/h3-4,7-8,14-15,18,20-22,30H,5-6,9-13,28-29H2,1-2H3,(H,31,38)(H,32,36)(H,33,37)(H,34,35)(H,39,40). The van der Waals surface area contributed by atoms with Gasteiger partial charge in [0.05, 0.1) is 12.5 Å². The monoisotopic (exact) mass is 560 g/mol. The van der Waals surface area contributed by atoms with Crippen LogP contribution in [0.15, 0.2) is 30.5 Å². The number of amides is 3. The Morgan fingerprint density at radius 3 is 2.15 bits per heavy atom. The number of aromatic nitrogens is 1. The Balaban J connectivity index is 2.30. The van der Waals surface area contributed by atoms with Crippen molar-refractivity contribution < 1.29 is 34.2 Å². The van der Waals surface area contributed by atoms with E-state index in [0.29, 0.717) is 25.8 Å². The van der Waals surface area contributed by atoms with Crippen LogP contribution in [-0.4, -0.2) is 75.6 Å². The summed E-state index contributed by atoms with van der Waals surface area (Å²) in [5.74, 6) is -4.83. The van der Waals surface area contributed by atoms with Crippen molar-refractivity contribution in [2.75, 3.05) is 6.54 Å². The van der Waals surface area contributed by atoms with Crippen LogP contribution in [-0.2, 0) is 30.4 Å². The minimum atomic E-state index is -1.69. The van der Waals surface area contributed by atoms with Crippen molar-refractivity contribution in [2.24, 2.45) is 17.4 Å². The SMILES string of the molecule is CC(C)CC(N)C(=O)NC(Cc1c[nH]c2ccccc12)C(=O)NC(CCCCN)C(=O)NC(CC(=O)O)C(=O)O. The molecule has 1 aromatic heterocycles. The Bertz CT molecular complexity index is 1180. The van der Waals surface area contributed by atoms with Gasteiger partial charge in [-0.25, -0.2) is 4.79 Å². The minimum absolute atomic E-state index is 0.0872. The fraction of sp³-hybridized carbons (Fsp3) is 0.519. The van der Waals surface area contributed by atoms with Crippen molar-refractivity contribution in [2.45, 2.75) is 76.5 Å². The van der Waals surface area contributed by atoms with Crippen LogP contribution >= 0.6 is 0 Å². The number of benzene rings is 1. The zero-order chi connectivity index (χ0) is 29.8. The molecule has 13 nitrogen and oxygen atoms in total. The molecule has 13 heteroatoms. The third kappa shape index (κ3) is 9.97. The summed E-state index contributed by atoms with van der Waals surface area (Å²) in [5, 5.41) is 26.7. The normalized spacial score (nSPS) is 14.2. The molecular weight excluding hydrogens is 520 g/mol. The number of aromatic amines is 1. The maximum absolute atomic E-state index is 13.5. The summed E-state index contributed by atoms with van der Waals surface area (Å²) >= 11 is 0. The molecule has 40 heavy (non-hydrogen) atoms. The van der Waals surface area contributed by atoms with E-state index in [9.17, 15) is 29.1 Å². The van der Waals surface area contributed by atoms with Gasteiger partial charge in [0.25, 0.3) is 0 Å². The van der Waals surface area contributed by atoms with Crippen LogP contribution in [0.1, 0.15) is 51.5 Å². The lowest BCUT2D eigenvalue weighted by Crippen LogP contribution is -2.57. The molecule has 220 valence electrons. The number of carbonyl (C=O) groups excluding carboxylic acids is 3. The van der Waals surface area contributed by atoms with Gasteiger partial charge in [-0.15, -0.1) is 0 Å². The number of nitrogens with two attached hydrogens (primary N) is 2. The largest absolute Gasteiger partial charge is 0.481 e. The first-order valence-corrected chi connectivity index (χ1v) is 13.3.